The fourth-order valence-corrected chi connectivity index (χ4v) is 1.70. The van der Waals surface area contributed by atoms with Crippen molar-refractivity contribution >= 4 is 23.4 Å². The van der Waals surface area contributed by atoms with E-state index in [0.29, 0.717) is 17.3 Å². The van der Waals surface area contributed by atoms with Crippen LogP contribution in [0.3, 0.4) is 0 Å². The van der Waals surface area contributed by atoms with Crippen LogP contribution in [0, 0.1) is 0 Å². The Balaban J connectivity index is 2.22. The number of hydrogen-bond acceptors (Lipinski definition) is 4. The van der Waals surface area contributed by atoms with Crippen LogP contribution in [0.5, 0.6) is 0 Å². The highest BCUT2D eigenvalue weighted by Gasteiger charge is 2.17. The lowest BCUT2D eigenvalue weighted by molar-refractivity contribution is 0.508. The lowest BCUT2D eigenvalue weighted by atomic mass is 10.1. The molecular weight excluding hydrogens is 262 g/mol. The molecule has 0 bridgehead atoms. The zero-order valence-electron chi connectivity index (χ0n) is 9.60. The third-order valence-electron chi connectivity index (χ3n) is 2.41. The van der Waals surface area contributed by atoms with Crippen molar-refractivity contribution in [2.24, 2.45) is 0 Å². The molecule has 1 heterocycles. The summed E-state index contributed by atoms with van der Waals surface area (Å²) in [5.74, 6) is -1.09. The van der Waals surface area contributed by atoms with Crippen molar-refractivity contribution in [3.63, 3.8) is 0 Å². The van der Waals surface area contributed by atoms with Gasteiger partial charge >= 0.3 is 0 Å². The Morgan fingerprint density at radius 3 is 2.89 bits per heavy atom. The minimum absolute atomic E-state index is 0.0446. The summed E-state index contributed by atoms with van der Waals surface area (Å²) >= 11 is 5.82. The molecule has 0 unspecified atom stereocenters. The van der Waals surface area contributed by atoms with Gasteiger partial charge in [-0.3, -0.25) is 0 Å². The predicted molar refractivity (Wildman–Crippen MR) is 66.8 cm³/mol. The predicted octanol–water partition coefficient (Wildman–Crippen LogP) is 3.41. The standard InChI is InChI=1S/C11H11ClF2N4/c1-15-10-6(12)5-16-11(18-10)17-8-4-2-3-7(13)9(8)14/h4-5H,2-3H2,1H3,(H2,15,16,17,18). The zero-order valence-corrected chi connectivity index (χ0v) is 10.4. The van der Waals surface area contributed by atoms with E-state index >= 15 is 0 Å². The van der Waals surface area contributed by atoms with Crippen molar-refractivity contribution in [2.45, 2.75) is 12.8 Å². The maximum atomic E-state index is 13.5. The minimum atomic E-state index is -0.897. The average molecular weight is 273 g/mol. The minimum Gasteiger partial charge on any atom is -0.372 e. The first kappa shape index (κ1) is 12.8. The summed E-state index contributed by atoms with van der Waals surface area (Å²) in [6.07, 6.45) is 3.47. The summed E-state index contributed by atoms with van der Waals surface area (Å²) < 4.78 is 26.6. The number of nitrogens with one attached hydrogen (secondary N) is 2. The molecule has 0 saturated heterocycles. The summed E-state index contributed by atoms with van der Waals surface area (Å²) in [4.78, 5) is 7.92. The molecule has 1 aliphatic rings. The smallest absolute Gasteiger partial charge is 0.229 e. The van der Waals surface area contributed by atoms with Gasteiger partial charge in [-0.25, -0.2) is 13.8 Å². The van der Waals surface area contributed by atoms with Crippen molar-refractivity contribution < 1.29 is 8.78 Å². The molecular formula is C11H11ClF2N4. The van der Waals surface area contributed by atoms with Crippen LogP contribution >= 0.6 is 11.6 Å². The van der Waals surface area contributed by atoms with Crippen LogP contribution in [0.15, 0.2) is 29.6 Å². The molecule has 0 aromatic carbocycles. The van der Waals surface area contributed by atoms with Crippen molar-refractivity contribution in [3.8, 4) is 0 Å². The van der Waals surface area contributed by atoms with E-state index in [2.05, 4.69) is 20.6 Å². The monoisotopic (exact) mass is 272 g/mol. The van der Waals surface area contributed by atoms with E-state index in [1.54, 1.807) is 13.1 Å². The summed E-state index contributed by atoms with van der Waals surface area (Å²) in [6.45, 7) is 0. The number of rotatable bonds is 3. The first-order valence-electron chi connectivity index (χ1n) is 5.34. The molecule has 18 heavy (non-hydrogen) atoms. The van der Waals surface area contributed by atoms with Gasteiger partial charge in [0.1, 0.15) is 16.7 Å². The Labute approximate surface area is 108 Å². The molecule has 7 heteroatoms. The fraction of sp³-hybridized carbons (Fsp3) is 0.273. The first-order chi connectivity index (χ1) is 8.61. The number of anilines is 2. The van der Waals surface area contributed by atoms with Gasteiger partial charge in [0.2, 0.25) is 5.95 Å². The van der Waals surface area contributed by atoms with Crippen LogP contribution in [0.4, 0.5) is 20.5 Å². The molecule has 0 aliphatic heterocycles. The number of allylic oxidation sites excluding steroid dienone is 3. The normalized spacial score (nSPS) is 15.4. The molecule has 2 N–H and O–H groups in total. The van der Waals surface area contributed by atoms with E-state index in [1.807, 2.05) is 0 Å². The summed E-state index contributed by atoms with van der Waals surface area (Å²) in [5, 5.41) is 5.75. The van der Waals surface area contributed by atoms with E-state index in [0.717, 1.165) is 0 Å². The second kappa shape index (κ2) is 5.30. The molecule has 0 fully saturated rings. The third-order valence-corrected chi connectivity index (χ3v) is 2.69. The number of aromatic nitrogens is 2. The van der Waals surface area contributed by atoms with Gasteiger partial charge < -0.3 is 10.6 Å². The maximum absolute atomic E-state index is 13.5. The number of nitrogens with zero attached hydrogens (tertiary/aromatic N) is 2. The highest BCUT2D eigenvalue weighted by molar-refractivity contribution is 6.32. The zero-order chi connectivity index (χ0) is 13.1. The van der Waals surface area contributed by atoms with E-state index in [1.165, 1.54) is 6.20 Å². The highest BCUT2D eigenvalue weighted by atomic mass is 35.5. The van der Waals surface area contributed by atoms with E-state index in [4.69, 9.17) is 11.6 Å². The van der Waals surface area contributed by atoms with Crippen molar-refractivity contribution in [1.82, 2.24) is 9.97 Å². The second-order valence-electron chi connectivity index (χ2n) is 3.64. The Kier molecular flexibility index (Phi) is 3.76. The lowest BCUT2D eigenvalue weighted by Crippen LogP contribution is -2.08. The van der Waals surface area contributed by atoms with Crippen molar-refractivity contribution in [2.75, 3.05) is 17.7 Å². The van der Waals surface area contributed by atoms with Crippen molar-refractivity contribution in [3.05, 3.63) is 34.6 Å². The Hall–Kier alpha value is -1.69. The van der Waals surface area contributed by atoms with Crippen LogP contribution < -0.4 is 10.6 Å². The fourth-order valence-electron chi connectivity index (χ4n) is 1.52. The second-order valence-corrected chi connectivity index (χ2v) is 4.05. The molecule has 0 atom stereocenters. The highest BCUT2D eigenvalue weighted by Crippen LogP contribution is 2.28. The van der Waals surface area contributed by atoms with Gasteiger partial charge in [0, 0.05) is 13.5 Å². The Bertz CT molecular complexity index is 528. The molecule has 4 nitrogen and oxygen atoms in total. The summed E-state index contributed by atoms with van der Waals surface area (Å²) in [5.41, 5.74) is 0.0446. The Morgan fingerprint density at radius 2 is 2.17 bits per heavy atom. The van der Waals surface area contributed by atoms with Crippen LogP contribution in [0.1, 0.15) is 12.8 Å². The molecule has 0 amide bonds. The van der Waals surface area contributed by atoms with Crippen LogP contribution in [0.2, 0.25) is 5.02 Å². The van der Waals surface area contributed by atoms with Crippen molar-refractivity contribution in [1.29, 1.82) is 0 Å². The van der Waals surface area contributed by atoms with Gasteiger partial charge in [0.25, 0.3) is 0 Å². The number of hydrogen-bond donors (Lipinski definition) is 2. The average Bonchev–Trinajstić information content (AvgIpc) is 2.37. The van der Waals surface area contributed by atoms with Crippen LogP contribution in [0.25, 0.3) is 0 Å². The third kappa shape index (κ3) is 2.59. The Morgan fingerprint density at radius 1 is 1.39 bits per heavy atom. The van der Waals surface area contributed by atoms with Crippen LogP contribution in [-0.4, -0.2) is 17.0 Å². The van der Waals surface area contributed by atoms with Gasteiger partial charge in [-0.05, 0) is 6.42 Å². The lowest BCUT2D eigenvalue weighted by Gasteiger charge is -2.13. The van der Waals surface area contributed by atoms with Gasteiger partial charge in [-0.2, -0.15) is 4.98 Å². The largest absolute Gasteiger partial charge is 0.372 e. The SMILES string of the molecule is CNc1nc(NC2=CCCC(F)=C2F)ncc1Cl. The summed E-state index contributed by atoms with van der Waals surface area (Å²) in [7, 11) is 1.65. The molecule has 0 spiro atoms. The quantitative estimate of drug-likeness (QED) is 0.885. The topological polar surface area (TPSA) is 49.8 Å². The molecule has 1 aliphatic carbocycles. The maximum Gasteiger partial charge on any atom is 0.229 e. The van der Waals surface area contributed by atoms with Crippen LogP contribution in [-0.2, 0) is 0 Å². The molecule has 1 aromatic rings. The first-order valence-corrected chi connectivity index (χ1v) is 5.71. The molecule has 96 valence electrons. The van der Waals surface area contributed by atoms with Gasteiger partial charge in [0.15, 0.2) is 5.83 Å². The molecule has 1 aromatic heterocycles. The molecule has 0 saturated carbocycles. The van der Waals surface area contributed by atoms with E-state index in [9.17, 15) is 8.78 Å². The van der Waals surface area contributed by atoms with E-state index < -0.39 is 11.7 Å². The van der Waals surface area contributed by atoms with Gasteiger partial charge in [0.05, 0.1) is 11.9 Å². The summed E-state index contributed by atoms with van der Waals surface area (Å²) in [6, 6.07) is 0. The molecule has 2 rings (SSSR count). The van der Waals surface area contributed by atoms with Gasteiger partial charge in [-0.15, -0.1) is 0 Å². The molecule has 0 radical (unpaired) electrons. The number of halogens is 3. The van der Waals surface area contributed by atoms with E-state index in [-0.39, 0.29) is 18.1 Å². The van der Waals surface area contributed by atoms with Gasteiger partial charge in [-0.1, -0.05) is 17.7 Å².